The Balaban J connectivity index is 1.66. The van der Waals surface area contributed by atoms with Gasteiger partial charge in [0.2, 0.25) is 0 Å². The predicted octanol–water partition coefficient (Wildman–Crippen LogP) is 2.81. The van der Waals surface area contributed by atoms with Gasteiger partial charge in [0.15, 0.2) is 0 Å². The number of hydrogen-bond acceptors (Lipinski definition) is 3. The summed E-state index contributed by atoms with van der Waals surface area (Å²) in [4.78, 5) is 15.6. The van der Waals surface area contributed by atoms with Crippen molar-refractivity contribution in [3.63, 3.8) is 0 Å². The van der Waals surface area contributed by atoms with Gasteiger partial charge in [-0.15, -0.1) is 0 Å². The second-order valence-corrected chi connectivity index (χ2v) is 5.14. The number of halogens is 1. The number of nitrogens with one attached hydrogen (secondary N) is 1. The Kier molecular flexibility index (Phi) is 5.61. The Morgan fingerprint density at radius 1 is 1.42 bits per heavy atom. The second kappa shape index (κ2) is 7.46. The van der Waals surface area contributed by atoms with Gasteiger partial charge in [-0.25, -0.2) is 4.98 Å². The van der Waals surface area contributed by atoms with Crippen molar-refractivity contribution in [2.75, 3.05) is 13.2 Å². The fourth-order valence-corrected chi connectivity index (χ4v) is 2.44. The van der Waals surface area contributed by atoms with Crippen LogP contribution in [-0.2, 0) is 4.74 Å². The average molecular weight is 283 g/mol. The predicted molar refractivity (Wildman–Crippen MR) is 74.4 cm³/mol. The third kappa shape index (κ3) is 4.80. The van der Waals surface area contributed by atoms with E-state index in [1.165, 1.54) is 25.5 Å². The van der Waals surface area contributed by atoms with E-state index in [1.54, 1.807) is 12.1 Å². The van der Waals surface area contributed by atoms with Gasteiger partial charge in [0.05, 0.1) is 12.7 Å². The molecule has 0 spiro atoms. The first-order valence-electron chi connectivity index (χ1n) is 6.77. The van der Waals surface area contributed by atoms with E-state index in [0.29, 0.717) is 30.0 Å². The van der Waals surface area contributed by atoms with Crippen LogP contribution in [-0.4, -0.2) is 30.1 Å². The van der Waals surface area contributed by atoms with E-state index in [2.05, 4.69) is 10.3 Å². The van der Waals surface area contributed by atoms with E-state index in [1.807, 2.05) is 0 Å². The molecule has 1 N–H and O–H groups in total. The SMILES string of the molecule is O=C(NCCOC1CCCCC1)c1ccnc(Cl)c1. The van der Waals surface area contributed by atoms with E-state index in [4.69, 9.17) is 16.3 Å². The highest BCUT2D eigenvalue weighted by atomic mass is 35.5. The van der Waals surface area contributed by atoms with E-state index < -0.39 is 0 Å². The molecule has 0 atom stereocenters. The van der Waals surface area contributed by atoms with Crippen LogP contribution < -0.4 is 5.32 Å². The molecule has 19 heavy (non-hydrogen) atoms. The Morgan fingerprint density at radius 2 is 2.21 bits per heavy atom. The second-order valence-electron chi connectivity index (χ2n) is 4.75. The average Bonchev–Trinajstić information content (AvgIpc) is 2.44. The van der Waals surface area contributed by atoms with Gasteiger partial charge >= 0.3 is 0 Å². The first-order valence-corrected chi connectivity index (χ1v) is 7.15. The van der Waals surface area contributed by atoms with Crippen molar-refractivity contribution in [1.29, 1.82) is 0 Å². The summed E-state index contributed by atoms with van der Waals surface area (Å²) >= 11 is 5.74. The number of hydrogen-bond donors (Lipinski definition) is 1. The van der Waals surface area contributed by atoms with Gasteiger partial charge in [0, 0.05) is 18.3 Å². The van der Waals surface area contributed by atoms with Crippen LogP contribution in [0.4, 0.5) is 0 Å². The molecular weight excluding hydrogens is 264 g/mol. The van der Waals surface area contributed by atoms with Gasteiger partial charge in [0.1, 0.15) is 5.15 Å². The number of carbonyl (C=O) groups excluding carboxylic acids is 1. The molecule has 1 aliphatic carbocycles. The lowest BCUT2D eigenvalue weighted by molar-refractivity contribution is 0.0299. The Bertz CT molecular complexity index is 420. The van der Waals surface area contributed by atoms with Crippen LogP contribution in [0.15, 0.2) is 18.3 Å². The van der Waals surface area contributed by atoms with Crippen molar-refractivity contribution in [1.82, 2.24) is 10.3 Å². The summed E-state index contributed by atoms with van der Waals surface area (Å²) in [5, 5.41) is 3.14. The summed E-state index contributed by atoms with van der Waals surface area (Å²) in [5.41, 5.74) is 0.526. The summed E-state index contributed by atoms with van der Waals surface area (Å²) in [5.74, 6) is -0.142. The zero-order valence-corrected chi connectivity index (χ0v) is 11.7. The highest BCUT2D eigenvalue weighted by Crippen LogP contribution is 2.19. The minimum atomic E-state index is -0.142. The van der Waals surface area contributed by atoms with Gasteiger partial charge in [-0.05, 0) is 25.0 Å². The molecule has 0 aliphatic heterocycles. The number of carbonyl (C=O) groups is 1. The summed E-state index contributed by atoms with van der Waals surface area (Å²) in [6, 6.07) is 3.20. The topological polar surface area (TPSA) is 51.2 Å². The molecule has 2 rings (SSSR count). The van der Waals surface area contributed by atoms with Crippen molar-refractivity contribution in [2.45, 2.75) is 38.2 Å². The molecule has 1 amide bonds. The molecule has 0 radical (unpaired) electrons. The third-order valence-electron chi connectivity index (χ3n) is 3.28. The van der Waals surface area contributed by atoms with Gasteiger partial charge in [0.25, 0.3) is 5.91 Å². The third-order valence-corrected chi connectivity index (χ3v) is 3.49. The Labute approximate surface area is 118 Å². The molecular formula is C14H19ClN2O2. The lowest BCUT2D eigenvalue weighted by Gasteiger charge is -2.21. The molecule has 1 aromatic heterocycles. The van der Waals surface area contributed by atoms with E-state index >= 15 is 0 Å². The Morgan fingerprint density at radius 3 is 2.95 bits per heavy atom. The molecule has 1 aromatic rings. The fourth-order valence-electron chi connectivity index (χ4n) is 2.27. The van der Waals surface area contributed by atoms with E-state index in [-0.39, 0.29) is 5.91 Å². The zero-order valence-electron chi connectivity index (χ0n) is 10.9. The van der Waals surface area contributed by atoms with E-state index in [0.717, 1.165) is 12.8 Å². The fraction of sp³-hybridized carbons (Fsp3) is 0.571. The summed E-state index contributed by atoms with van der Waals surface area (Å²) in [7, 11) is 0. The monoisotopic (exact) mass is 282 g/mol. The van der Waals surface area contributed by atoms with Crippen LogP contribution in [0.25, 0.3) is 0 Å². The molecule has 0 aromatic carbocycles. The van der Waals surface area contributed by atoms with Crippen LogP contribution in [0.3, 0.4) is 0 Å². The van der Waals surface area contributed by atoms with Crippen LogP contribution in [0.1, 0.15) is 42.5 Å². The molecule has 104 valence electrons. The number of rotatable bonds is 5. The van der Waals surface area contributed by atoms with Crippen LogP contribution in [0.5, 0.6) is 0 Å². The number of ether oxygens (including phenoxy) is 1. The van der Waals surface area contributed by atoms with Gasteiger partial charge in [-0.1, -0.05) is 30.9 Å². The molecule has 5 heteroatoms. The number of nitrogens with zero attached hydrogens (tertiary/aromatic N) is 1. The van der Waals surface area contributed by atoms with Crippen LogP contribution in [0, 0.1) is 0 Å². The van der Waals surface area contributed by atoms with Crippen LogP contribution in [0.2, 0.25) is 5.15 Å². The molecule has 0 unspecified atom stereocenters. The molecule has 1 heterocycles. The van der Waals surface area contributed by atoms with Crippen molar-refractivity contribution in [3.05, 3.63) is 29.0 Å². The standard InChI is InChI=1S/C14H19ClN2O2/c15-13-10-11(6-7-16-13)14(18)17-8-9-19-12-4-2-1-3-5-12/h6-7,10,12H,1-5,8-9H2,(H,17,18). The smallest absolute Gasteiger partial charge is 0.251 e. The molecule has 1 saturated carbocycles. The maximum atomic E-state index is 11.8. The largest absolute Gasteiger partial charge is 0.376 e. The summed E-state index contributed by atoms with van der Waals surface area (Å²) in [6.07, 6.45) is 8.02. The zero-order chi connectivity index (χ0) is 13.5. The lowest BCUT2D eigenvalue weighted by Crippen LogP contribution is -2.29. The highest BCUT2D eigenvalue weighted by Gasteiger charge is 2.13. The minimum absolute atomic E-state index is 0.142. The quantitative estimate of drug-likeness (QED) is 0.667. The van der Waals surface area contributed by atoms with Crippen molar-refractivity contribution < 1.29 is 9.53 Å². The molecule has 1 fully saturated rings. The number of pyridine rings is 1. The van der Waals surface area contributed by atoms with Crippen molar-refractivity contribution in [2.24, 2.45) is 0 Å². The number of amides is 1. The van der Waals surface area contributed by atoms with Crippen LogP contribution >= 0.6 is 11.6 Å². The highest BCUT2D eigenvalue weighted by molar-refractivity contribution is 6.29. The lowest BCUT2D eigenvalue weighted by atomic mass is 9.98. The van der Waals surface area contributed by atoms with Gasteiger partial charge in [-0.3, -0.25) is 4.79 Å². The maximum absolute atomic E-state index is 11.8. The minimum Gasteiger partial charge on any atom is -0.376 e. The van der Waals surface area contributed by atoms with E-state index in [9.17, 15) is 4.79 Å². The van der Waals surface area contributed by atoms with Crippen molar-refractivity contribution >= 4 is 17.5 Å². The first-order chi connectivity index (χ1) is 9.25. The maximum Gasteiger partial charge on any atom is 0.251 e. The summed E-state index contributed by atoms with van der Waals surface area (Å²) in [6.45, 7) is 1.09. The molecule has 0 bridgehead atoms. The Hall–Kier alpha value is -1.13. The van der Waals surface area contributed by atoms with Crippen molar-refractivity contribution in [3.8, 4) is 0 Å². The first kappa shape index (κ1) is 14.3. The normalized spacial score (nSPS) is 16.3. The molecule has 0 saturated heterocycles. The van der Waals surface area contributed by atoms with Gasteiger partial charge in [-0.2, -0.15) is 0 Å². The summed E-state index contributed by atoms with van der Waals surface area (Å²) < 4.78 is 5.74. The molecule has 4 nitrogen and oxygen atoms in total. The van der Waals surface area contributed by atoms with Gasteiger partial charge < -0.3 is 10.1 Å². The number of aromatic nitrogens is 1. The molecule has 1 aliphatic rings.